The van der Waals surface area contributed by atoms with Gasteiger partial charge in [0.25, 0.3) is 0 Å². The molecule has 10 aromatic rings. The maximum Gasteiger partial charge on any atom is 0.136 e. The minimum Gasteiger partial charge on any atom is -0.456 e. The van der Waals surface area contributed by atoms with Crippen molar-refractivity contribution in [2.75, 3.05) is 4.90 Å². The summed E-state index contributed by atoms with van der Waals surface area (Å²) in [7, 11) is 0. The molecule has 0 bridgehead atoms. The summed E-state index contributed by atoms with van der Waals surface area (Å²) in [6.45, 7) is 0. The zero-order valence-corrected chi connectivity index (χ0v) is 28.5. The fourth-order valence-corrected chi connectivity index (χ4v) is 8.73. The number of nitrogens with zero attached hydrogens (tertiary/aromatic N) is 1. The highest BCUT2D eigenvalue weighted by atomic mass is 32.1. The maximum absolute atomic E-state index is 6.43. The summed E-state index contributed by atoms with van der Waals surface area (Å²) in [5.41, 5.74) is 12.4. The largest absolute Gasteiger partial charge is 0.456 e. The van der Waals surface area contributed by atoms with E-state index in [9.17, 15) is 0 Å². The lowest BCUT2D eigenvalue weighted by Gasteiger charge is -2.27. The second kappa shape index (κ2) is 12.2. The van der Waals surface area contributed by atoms with E-state index in [2.05, 4.69) is 187 Å². The standard InChI is InChI=1S/C48H31NOS/c1-4-12-32(13-5-1)34-20-24-37(25-21-34)49(38-26-22-35(23-27-38)33-14-6-2-7-15-33)41-29-28-39(36-16-8-3-9-17-36)46-47-44(51-48(41)46)31-30-43-45(47)40-18-10-11-19-42(40)50-43/h1-31H. The fraction of sp³-hybridized carbons (Fsp3) is 0. The third-order valence-electron chi connectivity index (χ3n) is 9.90. The van der Waals surface area contributed by atoms with Crippen molar-refractivity contribution >= 4 is 70.5 Å². The average Bonchev–Trinajstić information content (AvgIpc) is 3.79. The molecule has 0 saturated carbocycles. The Morgan fingerprint density at radius 2 is 0.902 bits per heavy atom. The second-order valence-electron chi connectivity index (χ2n) is 12.9. The summed E-state index contributed by atoms with van der Waals surface area (Å²) in [5.74, 6) is 0. The first kappa shape index (κ1) is 29.5. The third kappa shape index (κ3) is 5.01. The van der Waals surface area contributed by atoms with Crippen molar-refractivity contribution in [2.24, 2.45) is 0 Å². The molecule has 0 fully saturated rings. The summed E-state index contributed by atoms with van der Waals surface area (Å²) >= 11 is 1.86. The maximum atomic E-state index is 6.43. The predicted octanol–water partition coefficient (Wildman–Crippen LogP) is 14.4. The number of furan rings is 1. The van der Waals surface area contributed by atoms with E-state index in [4.69, 9.17) is 4.42 Å². The monoisotopic (exact) mass is 669 g/mol. The molecule has 0 aliphatic carbocycles. The van der Waals surface area contributed by atoms with E-state index in [0.717, 1.165) is 33.6 Å². The van der Waals surface area contributed by atoms with E-state index < -0.39 is 0 Å². The quantitative estimate of drug-likeness (QED) is 0.175. The average molecular weight is 670 g/mol. The Labute approximate surface area is 300 Å². The molecule has 2 nitrogen and oxygen atoms in total. The molecule has 10 rings (SSSR count). The molecule has 51 heavy (non-hydrogen) atoms. The molecule has 0 radical (unpaired) electrons. The summed E-state index contributed by atoms with van der Waals surface area (Å²) in [4.78, 5) is 2.42. The highest BCUT2D eigenvalue weighted by Gasteiger charge is 2.23. The van der Waals surface area contributed by atoms with Gasteiger partial charge in [0.2, 0.25) is 0 Å². The second-order valence-corrected chi connectivity index (χ2v) is 13.9. The van der Waals surface area contributed by atoms with Crippen molar-refractivity contribution in [3.8, 4) is 33.4 Å². The van der Waals surface area contributed by atoms with E-state index in [1.165, 1.54) is 58.9 Å². The van der Waals surface area contributed by atoms with Crippen LogP contribution in [0, 0.1) is 0 Å². The molecule has 8 aromatic carbocycles. The van der Waals surface area contributed by atoms with Gasteiger partial charge in [-0.25, -0.2) is 0 Å². The lowest BCUT2D eigenvalue weighted by molar-refractivity contribution is 0.669. The summed E-state index contributed by atoms with van der Waals surface area (Å²) in [6.07, 6.45) is 0. The third-order valence-corrected chi connectivity index (χ3v) is 11.1. The summed E-state index contributed by atoms with van der Waals surface area (Å²) in [6, 6.07) is 67.3. The van der Waals surface area contributed by atoms with Crippen LogP contribution in [0.15, 0.2) is 192 Å². The highest BCUT2D eigenvalue weighted by Crippen LogP contribution is 2.51. The molecule has 2 aromatic heterocycles. The number of benzene rings is 8. The number of anilines is 3. The number of fused-ring (bicyclic) bond motifs is 7. The van der Waals surface area contributed by atoms with E-state index in [0.29, 0.717) is 0 Å². The van der Waals surface area contributed by atoms with Gasteiger partial charge in [-0.1, -0.05) is 140 Å². The van der Waals surface area contributed by atoms with Gasteiger partial charge in [0.15, 0.2) is 0 Å². The Balaban J connectivity index is 1.25. The van der Waals surface area contributed by atoms with Crippen LogP contribution in [0.4, 0.5) is 17.1 Å². The van der Waals surface area contributed by atoms with Gasteiger partial charge >= 0.3 is 0 Å². The van der Waals surface area contributed by atoms with Crippen LogP contribution in [0.25, 0.3) is 75.5 Å². The van der Waals surface area contributed by atoms with Gasteiger partial charge < -0.3 is 9.32 Å². The molecule has 3 heteroatoms. The Morgan fingerprint density at radius 1 is 0.373 bits per heavy atom. The minimum absolute atomic E-state index is 0.912. The number of rotatable bonds is 6. The van der Waals surface area contributed by atoms with Gasteiger partial charge in [0.05, 0.1) is 10.4 Å². The molecule has 0 unspecified atom stereocenters. The Hall–Kier alpha value is -6.42. The normalized spacial score (nSPS) is 11.5. The topological polar surface area (TPSA) is 16.4 Å². The van der Waals surface area contributed by atoms with Crippen LogP contribution in [0.5, 0.6) is 0 Å². The smallest absolute Gasteiger partial charge is 0.136 e. The van der Waals surface area contributed by atoms with Gasteiger partial charge in [0.1, 0.15) is 11.2 Å². The summed E-state index contributed by atoms with van der Waals surface area (Å²) in [5, 5.41) is 4.82. The molecular formula is C48H31NOS. The van der Waals surface area contributed by atoms with Crippen molar-refractivity contribution in [3.63, 3.8) is 0 Å². The molecule has 0 aliphatic heterocycles. The van der Waals surface area contributed by atoms with Crippen molar-refractivity contribution in [2.45, 2.75) is 0 Å². The Bertz CT molecular complexity index is 2730. The van der Waals surface area contributed by atoms with Crippen LogP contribution in [0.2, 0.25) is 0 Å². The summed E-state index contributed by atoms with van der Waals surface area (Å²) < 4.78 is 8.91. The number of hydrogen-bond donors (Lipinski definition) is 0. The molecule has 0 spiro atoms. The van der Waals surface area contributed by atoms with E-state index in [1.54, 1.807) is 0 Å². The van der Waals surface area contributed by atoms with E-state index in [1.807, 2.05) is 17.4 Å². The number of hydrogen-bond acceptors (Lipinski definition) is 3. The van der Waals surface area contributed by atoms with Crippen LogP contribution in [0.1, 0.15) is 0 Å². The molecule has 0 saturated heterocycles. The minimum atomic E-state index is 0.912. The van der Waals surface area contributed by atoms with Crippen LogP contribution in [0.3, 0.4) is 0 Å². The van der Waals surface area contributed by atoms with Gasteiger partial charge in [-0.2, -0.15) is 0 Å². The molecular weight excluding hydrogens is 639 g/mol. The molecule has 0 aliphatic rings. The van der Waals surface area contributed by atoms with Gasteiger partial charge in [-0.15, -0.1) is 11.3 Å². The molecule has 0 atom stereocenters. The SMILES string of the molecule is c1ccc(-c2ccc(N(c3ccc(-c4ccccc4)cc3)c3ccc(-c4ccccc4)c4c3sc3ccc5oc6ccccc6c5c34)cc2)cc1. The molecule has 2 heterocycles. The van der Waals surface area contributed by atoms with Crippen molar-refractivity contribution < 1.29 is 4.42 Å². The van der Waals surface area contributed by atoms with Crippen LogP contribution >= 0.6 is 11.3 Å². The van der Waals surface area contributed by atoms with Crippen LogP contribution in [-0.4, -0.2) is 0 Å². The van der Waals surface area contributed by atoms with Crippen molar-refractivity contribution in [1.82, 2.24) is 0 Å². The van der Waals surface area contributed by atoms with Crippen LogP contribution < -0.4 is 4.90 Å². The highest BCUT2D eigenvalue weighted by molar-refractivity contribution is 7.26. The Morgan fingerprint density at radius 3 is 1.51 bits per heavy atom. The van der Waals surface area contributed by atoms with Gasteiger partial charge in [-0.3, -0.25) is 0 Å². The predicted molar refractivity (Wildman–Crippen MR) is 218 cm³/mol. The molecule has 0 N–H and O–H groups in total. The lowest BCUT2D eigenvalue weighted by atomic mass is 9.96. The molecule has 0 amide bonds. The molecule has 240 valence electrons. The van der Waals surface area contributed by atoms with Crippen molar-refractivity contribution in [1.29, 1.82) is 0 Å². The fourth-order valence-electron chi connectivity index (χ4n) is 7.49. The first-order chi connectivity index (χ1) is 25.3. The van der Waals surface area contributed by atoms with Gasteiger partial charge in [0, 0.05) is 37.6 Å². The number of thiophene rings is 1. The number of para-hydroxylation sites is 1. The van der Waals surface area contributed by atoms with Crippen molar-refractivity contribution in [3.05, 3.63) is 188 Å². The zero-order valence-electron chi connectivity index (χ0n) is 27.7. The zero-order chi connectivity index (χ0) is 33.7. The van der Waals surface area contributed by atoms with Gasteiger partial charge in [-0.05, 0) is 81.9 Å². The van der Waals surface area contributed by atoms with Crippen LogP contribution in [-0.2, 0) is 0 Å². The first-order valence-electron chi connectivity index (χ1n) is 17.3. The van der Waals surface area contributed by atoms with E-state index in [-0.39, 0.29) is 0 Å². The lowest BCUT2D eigenvalue weighted by Crippen LogP contribution is -2.10. The van der Waals surface area contributed by atoms with E-state index >= 15 is 0 Å². The Kier molecular flexibility index (Phi) is 7.04. The first-order valence-corrected chi connectivity index (χ1v) is 18.1.